The van der Waals surface area contributed by atoms with E-state index in [2.05, 4.69) is 75.5 Å². The van der Waals surface area contributed by atoms with E-state index in [0.717, 1.165) is 13.0 Å². The van der Waals surface area contributed by atoms with Crippen LogP contribution in [0.25, 0.3) is 0 Å². The maximum absolute atomic E-state index is 3.61. The van der Waals surface area contributed by atoms with Crippen LogP contribution in [0.3, 0.4) is 0 Å². The second kappa shape index (κ2) is 6.71. The van der Waals surface area contributed by atoms with Crippen LogP contribution in [0.4, 0.5) is 0 Å². The fourth-order valence-electron chi connectivity index (χ4n) is 2.61. The minimum atomic E-state index is 0.391. The number of nitrogens with one attached hydrogen (secondary N) is 1. The van der Waals surface area contributed by atoms with Crippen LogP contribution in [-0.4, -0.2) is 6.54 Å². The molecule has 1 N–H and O–H groups in total. The lowest BCUT2D eigenvalue weighted by Gasteiger charge is -2.19. The number of aryl methyl sites for hydroxylation is 3. The van der Waals surface area contributed by atoms with Gasteiger partial charge in [0.25, 0.3) is 0 Å². The summed E-state index contributed by atoms with van der Waals surface area (Å²) in [5.74, 6) is 0. The van der Waals surface area contributed by atoms with Crippen molar-refractivity contribution in [2.75, 3.05) is 6.54 Å². The third-order valence-corrected chi connectivity index (χ3v) is 3.91. The number of hydrogen-bond acceptors (Lipinski definition) is 1. The van der Waals surface area contributed by atoms with Gasteiger partial charge in [-0.25, -0.2) is 0 Å². The molecular formula is C19H25N. The third-order valence-electron chi connectivity index (χ3n) is 3.91. The lowest BCUT2D eigenvalue weighted by atomic mass is 9.95. The molecule has 0 spiro atoms. The predicted molar refractivity (Wildman–Crippen MR) is 87.2 cm³/mol. The van der Waals surface area contributed by atoms with Gasteiger partial charge in [0.05, 0.1) is 0 Å². The molecule has 1 nitrogen and oxygen atoms in total. The summed E-state index contributed by atoms with van der Waals surface area (Å²) in [5, 5.41) is 3.61. The topological polar surface area (TPSA) is 12.0 Å². The van der Waals surface area contributed by atoms with Gasteiger partial charge in [0.1, 0.15) is 0 Å². The van der Waals surface area contributed by atoms with Gasteiger partial charge in [0.2, 0.25) is 0 Å². The van der Waals surface area contributed by atoms with E-state index in [1.807, 2.05) is 0 Å². The molecule has 0 saturated carbocycles. The molecule has 2 rings (SSSR count). The smallest absolute Gasteiger partial charge is 0.0360 e. The van der Waals surface area contributed by atoms with Gasteiger partial charge >= 0.3 is 0 Å². The molecule has 1 atom stereocenters. The Bertz CT molecular complexity index is 572. The monoisotopic (exact) mass is 267 g/mol. The number of rotatable bonds is 5. The van der Waals surface area contributed by atoms with E-state index in [0.29, 0.717) is 6.04 Å². The Morgan fingerprint density at radius 2 is 1.75 bits per heavy atom. The highest BCUT2D eigenvalue weighted by atomic mass is 14.9. The van der Waals surface area contributed by atoms with Crippen LogP contribution < -0.4 is 5.32 Å². The van der Waals surface area contributed by atoms with Crippen LogP contribution in [-0.2, 0) is 6.42 Å². The quantitative estimate of drug-likeness (QED) is 0.840. The maximum Gasteiger partial charge on any atom is 0.0360 e. The molecule has 2 aromatic carbocycles. The van der Waals surface area contributed by atoms with Crippen LogP contribution in [0.15, 0.2) is 42.5 Å². The number of benzene rings is 2. The molecule has 0 radical (unpaired) electrons. The molecule has 0 amide bonds. The van der Waals surface area contributed by atoms with Crippen molar-refractivity contribution in [3.8, 4) is 0 Å². The molecule has 0 aromatic heterocycles. The normalized spacial score (nSPS) is 12.4. The Balaban J connectivity index is 2.22. The SMILES string of the molecule is CCNC(Cc1ccc(C)c(C)c1)c1cccc(C)c1. The van der Waals surface area contributed by atoms with E-state index in [-0.39, 0.29) is 0 Å². The summed E-state index contributed by atoms with van der Waals surface area (Å²) >= 11 is 0. The molecule has 0 aliphatic heterocycles. The summed E-state index contributed by atoms with van der Waals surface area (Å²) in [4.78, 5) is 0. The van der Waals surface area contributed by atoms with Crippen molar-refractivity contribution in [3.05, 3.63) is 70.3 Å². The van der Waals surface area contributed by atoms with E-state index < -0.39 is 0 Å². The molecule has 0 heterocycles. The molecule has 0 saturated heterocycles. The number of likely N-dealkylation sites (N-methyl/N-ethyl adjacent to an activating group) is 1. The summed E-state index contributed by atoms with van der Waals surface area (Å²) < 4.78 is 0. The van der Waals surface area contributed by atoms with Crippen LogP contribution in [0, 0.1) is 20.8 Å². The van der Waals surface area contributed by atoms with Gasteiger partial charge in [-0.05, 0) is 56.0 Å². The van der Waals surface area contributed by atoms with Crippen LogP contribution in [0.2, 0.25) is 0 Å². The summed E-state index contributed by atoms with van der Waals surface area (Å²) in [6.45, 7) is 9.67. The Kier molecular flexibility index (Phi) is 4.97. The first kappa shape index (κ1) is 14.8. The van der Waals surface area contributed by atoms with Gasteiger partial charge in [0, 0.05) is 6.04 Å². The maximum atomic E-state index is 3.61. The summed E-state index contributed by atoms with van der Waals surface area (Å²) in [7, 11) is 0. The van der Waals surface area contributed by atoms with E-state index >= 15 is 0 Å². The van der Waals surface area contributed by atoms with Gasteiger partial charge in [-0.1, -0.05) is 55.0 Å². The standard InChI is InChI=1S/C19H25N/c1-5-20-19(18-8-6-7-14(2)11-18)13-17-10-9-15(3)16(4)12-17/h6-12,19-20H,5,13H2,1-4H3. The van der Waals surface area contributed by atoms with Crippen molar-refractivity contribution in [2.24, 2.45) is 0 Å². The summed E-state index contributed by atoms with van der Waals surface area (Å²) in [6.07, 6.45) is 1.04. The van der Waals surface area contributed by atoms with Crippen molar-refractivity contribution in [2.45, 2.75) is 40.2 Å². The Hall–Kier alpha value is -1.60. The van der Waals surface area contributed by atoms with E-state index in [1.54, 1.807) is 0 Å². The molecule has 0 bridgehead atoms. The minimum absolute atomic E-state index is 0.391. The molecular weight excluding hydrogens is 242 g/mol. The van der Waals surface area contributed by atoms with Crippen LogP contribution in [0.1, 0.15) is 40.8 Å². The van der Waals surface area contributed by atoms with Crippen LogP contribution >= 0.6 is 0 Å². The molecule has 0 fully saturated rings. The van der Waals surface area contributed by atoms with Gasteiger partial charge < -0.3 is 5.32 Å². The van der Waals surface area contributed by atoms with E-state index in [1.165, 1.54) is 27.8 Å². The zero-order chi connectivity index (χ0) is 14.5. The minimum Gasteiger partial charge on any atom is -0.310 e. The first-order valence-corrected chi connectivity index (χ1v) is 7.46. The van der Waals surface area contributed by atoms with Crippen molar-refractivity contribution in [1.29, 1.82) is 0 Å². The molecule has 2 aromatic rings. The third kappa shape index (κ3) is 3.71. The molecule has 0 aliphatic rings. The van der Waals surface area contributed by atoms with Gasteiger partial charge in [-0.3, -0.25) is 0 Å². The summed E-state index contributed by atoms with van der Waals surface area (Å²) in [6, 6.07) is 16.0. The molecule has 1 heteroatoms. The van der Waals surface area contributed by atoms with Crippen molar-refractivity contribution in [1.82, 2.24) is 5.32 Å². The predicted octanol–water partition coefficient (Wildman–Crippen LogP) is 4.51. The highest BCUT2D eigenvalue weighted by Gasteiger charge is 2.11. The highest BCUT2D eigenvalue weighted by Crippen LogP contribution is 2.21. The zero-order valence-corrected chi connectivity index (χ0v) is 13.0. The molecule has 1 unspecified atom stereocenters. The lowest BCUT2D eigenvalue weighted by molar-refractivity contribution is 0.549. The molecule has 0 aliphatic carbocycles. The van der Waals surface area contributed by atoms with Crippen LogP contribution in [0.5, 0.6) is 0 Å². The highest BCUT2D eigenvalue weighted by molar-refractivity contribution is 5.32. The van der Waals surface area contributed by atoms with Crippen molar-refractivity contribution < 1.29 is 0 Å². The first-order valence-electron chi connectivity index (χ1n) is 7.46. The van der Waals surface area contributed by atoms with Gasteiger partial charge in [-0.2, -0.15) is 0 Å². The van der Waals surface area contributed by atoms with Gasteiger partial charge in [-0.15, -0.1) is 0 Å². The second-order valence-electron chi connectivity index (χ2n) is 5.65. The fourth-order valence-corrected chi connectivity index (χ4v) is 2.61. The fraction of sp³-hybridized carbons (Fsp3) is 0.368. The Morgan fingerprint density at radius 3 is 2.40 bits per heavy atom. The largest absolute Gasteiger partial charge is 0.310 e. The average molecular weight is 267 g/mol. The van der Waals surface area contributed by atoms with Crippen molar-refractivity contribution >= 4 is 0 Å². The average Bonchev–Trinajstić information content (AvgIpc) is 2.42. The lowest BCUT2D eigenvalue weighted by Crippen LogP contribution is -2.23. The van der Waals surface area contributed by atoms with E-state index in [4.69, 9.17) is 0 Å². The van der Waals surface area contributed by atoms with Crippen molar-refractivity contribution in [3.63, 3.8) is 0 Å². The first-order chi connectivity index (χ1) is 9.60. The molecule has 106 valence electrons. The zero-order valence-electron chi connectivity index (χ0n) is 13.0. The van der Waals surface area contributed by atoms with E-state index in [9.17, 15) is 0 Å². The Morgan fingerprint density at radius 1 is 0.950 bits per heavy atom. The Labute approximate surface area is 123 Å². The van der Waals surface area contributed by atoms with Gasteiger partial charge in [0.15, 0.2) is 0 Å². The summed E-state index contributed by atoms with van der Waals surface area (Å²) in [5.41, 5.74) is 6.85. The molecule has 20 heavy (non-hydrogen) atoms. The number of hydrogen-bond donors (Lipinski definition) is 1. The second-order valence-corrected chi connectivity index (χ2v) is 5.65.